The van der Waals surface area contributed by atoms with Crippen molar-refractivity contribution in [2.75, 3.05) is 5.88 Å². The molecule has 0 radical (unpaired) electrons. The van der Waals surface area contributed by atoms with Crippen LogP contribution in [0.25, 0.3) is 0 Å². The van der Waals surface area contributed by atoms with E-state index in [1.54, 1.807) is 0 Å². The van der Waals surface area contributed by atoms with E-state index in [1.807, 2.05) is 0 Å². The van der Waals surface area contributed by atoms with Gasteiger partial charge in [-0.3, -0.25) is 0 Å². The van der Waals surface area contributed by atoms with E-state index in [0.717, 1.165) is 12.1 Å². The fourth-order valence-electron chi connectivity index (χ4n) is 1.05. The molecular weight excluding hydrogens is 230 g/mol. The molecule has 0 aromatic heterocycles. The van der Waals surface area contributed by atoms with E-state index in [1.165, 1.54) is 6.07 Å². The Morgan fingerprint density at radius 1 is 1.29 bits per heavy atom. The standard InChI is InChI=1S/C9H9Cl2FO2/c10-4-8(13)9(14)5-1-6(11)3-7(12)2-5/h1-3,8-9,13-14H,4H2. The van der Waals surface area contributed by atoms with E-state index < -0.39 is 18.0 Å². The van der Waals surface area contributed by atoms with Crippen molar-refractivity contribution >= 4 is 23.2 Å². The van der Waals surface area contributed by atoms with Crippen molar-refractivity contribution in [2.24, 2.45) is 0 Å². The van der Waals surface area contributed by atoms with Crippen LogP contribution in [-0.4, -0.2) is 22.2 Å². The van der Waals surface area contributed by atoms with Gasteiger partial charge < -0.3 is 10.2 Å². The Kier molecular flexibility index (Phi) is 4.13. The molecule has 14 heavy (non-hydrogen) atoms. The van der Waals surface area contributed by atoms with Crippen molar-refractivity contribution in [2.45, 2.75) is 12.2 Å². The Morgan fingerprint density at radius 2 is 1.93 bits per heavy atom. The zero-order chi connectivity index (χ0) is 10.7. The number of aliphatic hydroxyl groups excluding tert-OH is 2. The lowest BCUT2D eigenvalue weighted by molar-refractivity contribution is 0.0325. The van der Waals surface area contributed by atoms with Crippen LogP contribution in [0.3, 0.4) is 0 Å². The number of halogens is 3. The number of hydrogen-bond acceptors (Lipinski definition) is 2. The van der Waals surface area contributed by atoms with Crippen LogP contribution in [-0.2, 0) is 0 Å². The van der Waals surface area contributed by atoms with Gasteiger partial charge >= 0.3 is 0 Å². The third-order valence-corrected chi connectivity index (χ3v) is 2.28. The first kappa shape index (κ1) is 11.7. The maximum Gasteiger partial charge on any atom is 0.125 e. The second-order valence-electron chi connectivity index (χ2n) is 2.87. The van der Waals surface area contributed by atoms with Gasteiger partial charge in [0, 0.05) is 5.02 Å². The van der Waals surface area contributed by atoms with Crippen LogP contribution in [0.15, 0.2) is 18.2 Å². The summed E-state index contributed by atoms with van der Waals surface area (Å²) in [5.41, 5.74) is 0.211. The molecule has 5 heteroatoms. The quantitative estimate of drug-likeness (QED) is 0.793. The molecule has 2 unspecified atom stereocenters. The molecule has 0 spiro atoms. The molecule has 78 valence electrons. The van der Waals surface area contributed by atoms with Crippen LogP contribution in [0.5, 0.6) is 0 Å². The van der Waals surface area contributed by atoms with Gasteiger partial charge in [-0.1, -0.05) is 11.6 Å². The number of alkyl halides is 1. The first-order chi connectivity index (χ1) is 6.54. The molecule has 1 aromatic rings. The molecule has 0 amide bonds. The van der Waals surface area contributed by atoms with E-state index in [0.29, 0.717) is 0 Å². The lowest BCUT2D eigenvalue weighted by atomic mass is 10.1. The third kappa shape index (κ3) is 2.82. The minimum atomic E-state index is -1.22. The molecule has 2 N–H and O–H groups in total. The molecular formula is C9H9Cl2FO2. The smallest absolute Gasteiger partial charge is 0.125 e. The Hall–Kier alpha value is -0.350. The van der Waals surface area contributed by atoms with Gasteiger partial charge in [0.05, 0.1) is 12.0 Å². The first-order valence-corrected chi connectivity index (χ1v) is 4.84. The Bertz CT molecular complexity index is 299. The minimum Gasteiger partial charge on any atom is -0.389 e. The zero-order valence-corrected chi connectivity index (χ0v) is 8.63. The molecule has 0 saturated heterocycles. The second-order valence-corrected chi connectivity index (χ2v) is 3.61. The molecule has 1 aromatic carbocycles. The molecule has 1 rings (SSSR count). The van der Waals surface area contributed by atoms with Gasteiger partial charge in [0.15, 0.2) is 0 Å². The van der Waals surface area contributed by atoms with Crippen LogP contribution in [0.1, 0.15) is 11.7 Å². The SMILES string of the molecule is OC(CCl)C(O)c1cc(F)cc(Cl)c1. The molecule has 2 atom stereocenters. The number of aliphatic hydroxyl groups is 2. The largest absolute Gasteiger partial charge is 0.389 e. The molecule has 0 aliphatic carbocycles. The van der Waals surface area contributed by atoms with Crippen LogP contribution in [0.2, 0.25) is 5.02 Å². The van der Waals surface area contributed by atoms with Gasteiger partial charge in [-0.15, -0.1) is 11.6 Å². The lowest BCUT2D eigenvalue weighted by Gasteiger charge is -2.15. The highest BCUT2D eigenvalue weighted by atomic mass is 35.5. The normalized spacial score (nSPS) is 15.2. The lowest BCUT2D eigenvalue weighted by Crippen LogP contribution is -2.19. The van der Waals surface area contributed by atoms with E-state index in [2.05, 4.69) is 0 Å². The van der Waals surface area contributed by atoms with Crippen molar-refractivity contribution in [3.63, 3.8) is 0 Å². The van der Waals surface area contributed by atoms with E-state index >= 15 is 0 Å². The van der Waals surface area contributed by atoms with Crippen molar-refractivity contribution < 1.29 is 14.6 Å². The van der Waals surface area contributed by atoms with Gasteiger partial charge in [-0.25, -0.2) is 4.39 Å². The fourth-order valence-corrected chi connectivity index (χ4v) is 1.45. The maximum atomic E-state index is 12.8. The maximum absolute atomic E-state index is 12.8. The summed E-state index contributed by atoms with van der Waals surface area (Å²) in [6.45, 7) is 0. The van der Waals surface area contributed by atoms with Crippen LogP contribution in [0, 0.1) is 5.82 Å². The molecule has 0 heterocycles. The Morgan fingerprint density at radius 3 is 2.43 bits per heavy atom. The van der Waals surface area contributed by atoms with Gasteiger partial charge in [-0.05, 0) is 23.8 Å². The van der Waals surface area contributed by atoms with E-state index in [4.69, 9.17) is 23.2 Å². The molecule has 0 aliphatic heterocycles. The van der Waals surface area contributed by atoms with Crippen molar-refractivity contribution in [3.8, 4) is 0 Å². The van der Waals surface area contributed by atoms with E-state index in [-0.39, 0.29) is 16.5 Å². The summed E-state index contributed by atoms with van der Waals surface area (Å²) >= 11 is 10.9. The topological polar surface area (TPSA) is 40.5 Å². The molecule has 2 nitrogen and oxygen atoms in total. The van der Waals surface area contributed by atoms with Crippen molar-refractivity contribution in [1.29, 1.82) is 0 Å². The van der Waals surface area contributed by atoms with Crippen LogP contribution in [0.4, 0.5) is 4.39 Å². The minimum absolute atomic E-state index is 0.130. The molecule has 0 bridgehead atoms. The summed E-state index contributed by atoms with van der Waals surface area (Å²) in [5.74, 6) is -0.691. The monoisotopic (exact) mass is 238 g/mol. The summed E-state index contributed by atoms with van der Waals surface area (Å²) < 4.78 is 12.8. The summed E-state index contributed by atoms with van der Waals surface area (Å²) in [6.07, 6.45) is -2.35. The molecule has 0 aliphatic rings. The van der Waals surface area contributed by atoms with Gasteiger partial charge in [-0.2, -0.15) is 0 Å². The van der Waals surface area contributed by atoms with Crippen LogP contribution >= 0.6 is 23.2 Å². The predicted molar refractivity (Wildman–Crippen MR) is 53.1 cm³/mol. The summed E-state index contributed by atoms with van der Waals surface area (Å²) in [5, 5.41) is 18.9. The van der Waals surface area contributed by atoms with Crippen molar-refractivity contribution in [3.05, 3.63) is 34.6 Å². The fraction of sp³-hybridized carbons (Fsp3) is 0.333. The van der Waals surface area contributed by atoms with Gasteiger partial charge in [0.2, 0.25) is 0 Å². The number of hydrogen-bond donors (Lipinski definition) is 2. The Balaban J connectivity index is 2.94. The average molecular weight is 239 g/mol. The first-order valence-electron chi connectivity index (χ1n) is 3.92. The second kappa shape index (κ2) is 4.94. The zero-order valence-electron chi connectivity index (χ0n) is 7.12. The Labute approximate surface area is 90.9 Å². The summed E-state index contributed by atoms with van der Waals surface area (Å²) in [7, 11) is 0. The van der Waals surface area contributed by atoms with E-state index in [9.17, 15) is 14.6 Å². The summed E-state index contributed by atoms with van der Waals surface area (Å²) in [4.78, 5) is 0. The highest BCUT2D eigenvalue weighted by Crippen LogP contribution is 2.22. The summed E-state index contributed by atoms with van der Waals surface area (Å²) in [6, 6.07) is 3.60. The average Bonchev–Trinajstić information content (AvgIpc) is 2.14. The highest BCUT2D eigenvalue weighted by molar-refractivity contribution is 6.30. The molecule has 0 fully saturated rings. The predicted octanol–water partition coefficient (Wildman–Crippen LogP) is 2.11. The highest BCUT2D eigenvalue weighted by Gasteiger charge is 2.18. The van der Waals surface area contributed by atoms with Crippen molar-refractivity contribution in [1.82, 2.24) is 0 Å². The number of rotatable bonds is 3. The third-order valence-electron chi connectivity index (χ3n) is 1.75. The number of benzene rings is 1. The van der Waals surface area contributed by atoms with Crippen LogP contribution < -0.4 is 0 Å². The van der Waals surface area contributed by atoms with Gasteiger partial charge in [0.25, 0.3) is 0 Å². The van der Waals surface area contributed by atoms with Gasteiger partial charge in [0.1, 0.15) is 11.9 Å². The molecule has 0 saturated carbocycles.